The molecule has 0 aliphatic carbocycles. The highest BCUT2D eigenvalue weighted by molar-refractivity contribution is 5.84. The molecule has 7 N–H and O–H groups in total. The van der Waals surface area contributed by atoms with E-state index in [1.807, 2.05) is 24.3 Å². The zero-order valence-corrected chi connectivity index (χ0v) is 13.9. The molecule has 0 radical (unpaired) electrons. The number of aliphatic hydroxyl groups excluding tert-OH is 3. The van der Waals surface area contributed by atoms with Crippen LogP contribution in [0.15, 0.2) is 30.5 Å². The van der Waals surface area contributed by atoms with Crippen LogP contribution >= 0.6 is 0 Å². The van der Waals surface area contributed by atoms with E-state index in [2.05, 4.69) is 10.3 Å². The minimum atomic E-state index is -2.20. The van der Waals surface area contributed by atoms with Crippen molar-refractivity contribution < 1.29 is 35.1 Å². The van der Waals surface area contributed by atoms with Crippen molar-refractivity contribution in [3.8, 4) is 0 Å². The highest BCUT2D eigenvalue weighted by atomic mass is 16.6. The minimum Gasteiger partial charge on any atom is -0.480 e. The number of carboxylic acid groups (broad SMARTS) is 1. The Kier molecular flexibility index (Phi) is 5.28. The summed E-state index contributed by atoms with van der Waals surface area (Å²) in [5, 5.41) is 52.5. The molecule has 2 aromatic rings. The number of aliphatic carboxylic acids is 1. The molecule has 1 aromatic heterocycles. The van der Waals surface area contributed by atoms with Crippen molar-refractivity contribution in [1.82, 2.24) is 10.3 Å². The number of para-hydroxylation sites is 1. The van der Waals surface area contributed by atoms with Crippen molar-refractivity contribution in [2.75, 3.05) is 13.2 Å². The molecule has 26 heavy (non-hydrogen) atoms. The fourth-order valence-corrected chi connectivity index (χ4v) is 3.08. The normalized spacial score (nSPS) is 30.4. The summed E-state index contributed by atoms with van der Waals surface area (Å²) in [6.45, 7) is -0.812. The third kappa shape index (κ3) is 3.58. The van der Waals surface area contributed by atoms with E-state index in [4.69, 9.17) is 4.74 Å². The number of rotatable bonds is 6. The Morgan fingerprint density at radius 2 is 2.08 bits per heavy atom. The molecule has 0 spiro atoms. The van der Waals surface area contributed by atoms with Gasteiger partial charge in [0.05, 0.1) is 13.2 Å². The van der Waals surface area contributed by atoms with E-state index < -0.39 is 42.7 Å². The van der Waals surface area contributed by atoms with Gasteiger partial charge in [-0.2, -0.15) is 0 Å². The first-order valence-electron chi connectivity index (χ1n) is 8.23. The monoisotopic (exact) mass is 366 g/mol. The number of benzene rings is 1. The molecule has 142 valence electrons. The molecule has 9 heteroatoms. The number of aromatic nitrogens is 1. The second-order valence-electron chi connectivity index (χ2n) is 6.49. The fourth-order valence-electron chi connectivity index (χ4n) is 3.08. The molecule has 1 aromatic carbocycles. The minimum absolute atomic E-state index is 0.136. The molecule has 2 heterocycles. The highest BCUT2D eigenvalue weighted by Gasteiger charge is 2.48. The van der Waals surface area contributed by atoms with Gasteiger partial charge in [0.15, 0.2) is 0 Å². The summed E-state index contributed by atoms with van der Waals surface area (Å²) in [6.07, 6.45) is -2.83. The summed E-state index contributed by atoms with van der Waals surface area (Å²) in [5.41, 5.74) is 1.67. The lowest BCUT2D eigenvalue weighted by molar-refractivity contribution is -0.318. The van der Waals surface area contributed by atoms with E-state index in [1.54, 1.807) is 6.20 Å². The van der Waals surface area contributed by atoms with Crippen LogP contribution in [0.3, 0.4) is 0 Å². The third-order valence-electron chi connectivity index (χ3n) is 4.68. The van der Waals surface area contributed by atoms with Crippen molar-refractivity contribution in [3.05, 3.63) is 36.0 Å². The van der Waals surface area contributed by atoms with E-state index in [0.717, 1.165) is 16.5 Å². The Morgan fingerprint density at radius 3 is 2.81 bits per heavy atom. The third-order valence-corrected chi connectivity index (χ3v) is 4.68. The number of aromatic amines is 1. The van der Waals surface area contributed by atoms with Gasteiger partial charge in [-0.3, -0.25) is 10.1 Å². The second kappa shape index (κ2) is 7.31. The number of aliphatic hydroxyl groups is 4. The fraction of sp³-hybridized carbons (Fsp3) is 0.471. The predicted octanol–water partition coefficient (Wildman–Crippen LogP) is -1.45. The van der Waals surface area contributed by atoms with Gasteiger partial charge in [0.2, 0.25) is 5.79 Å². The predicted molar refractivity (Wildman–Crippen MR) is 90.4 cm³/mol. The first-order valence-corrected chi connectivity index (χ1v) is 8.23. The molecule has 0 bridgehead atoms. The summed E-state index contributed by atoms with van der Waals surface area (Å²) in [7, 11) is 0. The molecule has 0 saturated carbocycles. The van der Waals surface area contributed by atoms with Crippen LogP contribution in [0.1, 0.15) is 5.56 Å². The Labute approximate surface area is 148 Å². The molecular formula is C17H22N2O7. The SMILES string of the molecule is O=C(O)[C@@H](Cc1c[nH]c2ccccc12)NC[C@]1(O)OC[C@@H](O)[C@@H](O)[C@@H]1O. The van der Waals surface area contributed by atoms with Crippen LogP contribution in [0.5, 0.6) is 0 Å². The number of H-pyrrole nitrogens is 1. The molecule has 5 atom stereocenters. The smallest absolute Gasteiger partial charge is 0.321 e. The average molecular weight is 366 g/mol. The maximum atomic E-state index is 11.6. The number of carboxylic acids is 1. The van der Waals surface area contributed by atoms with Crippen LogP contribution in [0.2, 0.25) is 0 Å². The standard InChI is InChI=1S/C17H22N2O7/c20-13-7-26-17(25,15(22)14(13)21)8-19-12(16(23)24)5-9-6-18-11-4-2-1-3-10(9)11/h1-4,6,12-15,18-22,25H,5,7-8H2,(H,23,24)/t12-,13-,14-,15+,17+/m1/s1. The van der Waals surface area contributed by atoms with Crippen molar-refractivity contribution in [2.24, 2.45) is 0 Å². The maximum Gasteiger partial charge on any atom is 0.321 e. The highest BCUT2D eigenvalue weighted by Crippen LogP contribution is 2.24. The number of carbonyl (C=O) groups is 1. The van der Waals surface area contributed by atoms with Crippen LogP contribution in [0, 0.1) is 0 Å². The molecule has 0 amide bonds. The van der Waals surface area contributed by atoms with Crippen LogP contribution in [-0.2, 0) is 16.0 Å². The molecule has 3 rings (SSSR count). The summed E-state index contributed by atoms with van der Waals surface area (Å²) in [4.78, 5) is 14.7. The van der Waals surface area contributed by atoms with E-state index in [0.29, 0.717) is 0 Å². The quantitative estimate of drug-likeness (QED) is 0.328. The lowest BCUT2D eigenvalue weighted by Crippen LogP contribution is -2.65. The topological polar surface area (TPSA) is 155 Å². The second-order valence-corrected chi connectivity index (χ2v) is 6.49. The van der Waals surface area contributed by atoms with Crippen LogP contribution < -0.4 is 5.32 Å². The van der Waals surface area contributed by atoms with Crippen molar-refractivity contribution in [1.29, 1.82) is 0 Å². The van der Waals surface area contributed by atoms with Gasteiger partial charge in [-0.05, 0) is 11.6 Å². The van der Waals surface area contributed by atoms with Crippen molar-refractivity contribution >= 4 is 16.9 Å². The Morgan fingerprint density at radius 1 is 1.35 bits per heavy atom. The molecule has 1 aliphatic heterocycles. The number of hydrogen-bond acceptors (Lipinski definition) is 7. The molecule has 1 fully saturated rings. The van der Waals surface area contributed by atoms with Gasteiger partial charge < -0.3 is 35.3 Å². The van der Waals surface area contributed by atoms with E-state index in [9.17, 15) is 30.3 Å². The van der Waals surface area contributed by atoms with Gasteiger partial charge in [0.25, 0.3) is 0 Å². The lowest BCUT2D eigenvalue weighted by Gasteiger charge is -2.42. The van der Waals surface area contributed by atoms with Crippen molar-refractivity contribution in [2.45, 2.75) is 36.6 Å². The van der Waals surface area contributed by atoms with Gasteiger partial charge in [-0.15, -0.1) is 0 Å². The summed E-state index contributed by atoms with van der Waals surface area (Å²) in [5.74, 6) is -3.34. The Balaban J connectivity index is 1.70. The number of ether oxygens (including phenoxy) is 1. The zero-order valence-electron chi connectivity index (χ0n) is 13.9. The van der Waals surface area contributed by atoms with E-state index in [-0.39, 0.29) is 13.0 Å². The van der Waals surface area contributed by atoms with E-state index in [1.165, 1.54) is 0 Å². The average Bonchev–Trinajstić information content (AvgIpc) is 3.03. The van der Waals surface area contributed by atoms with Gasteiger partial charge in [0, 0.05) is 23.5 Å². The Bertz CT molecular complexity index is 779. The van der Waals surface area contributed by atoms with Gasteiger partial charge in [-0.1, -0.05) is 18.2 Å². The van der Waals surface area contributed by atoms with Crippen LogP contribution in [0.25, 0.3) is 10.9 Å². The molecule has 1 aliphatic rings. The zero-order chi connectivity index (χ0) is 18.9. The lowest BCUT2D eigenvalue weighted by atomic mass is 9.96. The first kappa shape index (κ1) is 18.8. The molecule has 9 nitrogen and oxygen atoms in total. The summed E-state index contributed by atoms with van der Waals surface area (Å²) in [6, 6.07) is 6.41. The number of hydrogen-bond donors (Lipinski definition) is 7. The largest absolute Gasteiger partial charge is 0.480 e. The molecule has 0 unspecified atom stereocenters. The van der Waals surface area contributed by atoms with Gasteiger partial charge in [0.1, 0.15) is 24.4 Å². The van der Waals surface area contributed by atoms with Crippen LogP contribution in [0.4, 0.5) is 0 Å². The molecule has 1 saturated heterocycles. The van der Waals surface area contributed by atoms with E-state index >= 15 is 0 Å². The molecular weight excluding hydrogens is 344 g/mol. The number of fused-ring (bicyclic) bond motifs is 1. The summed E-state index contributed by atoms with van der Waals surface area (Å²) < 4.78 is 5.03. The Hall–Kier alpha value is -2.01. The van der Waals surface area contributed by atoms with Crippen LogP contribution in [-0.4, -0.2) is 79.8 Å². The number of nitrogens with one attached hydrogen (secondary N) is 2. The first-order chi connectivity index (χ1) is 12.3. The summed E-state index contributed by atoms with van der Waals surface area (Å²) >= 11 is 0. The van der Waals surface area contributed by atoms with Gasteiger partial charge in [-0.25, -0.2) is 0 Å². The van der Waals surface area contributed by atoms with Crippen molar-refractivity contribution in [3.63, 3.8) is 0 Å². The van der Waals surface area contributed by atoms with Gasteiger partial charge >= 0.3 is 5.97 Å². The maximum absolute atomic E-state index is 11.6.